The Bertz CT molecular complexity index is 1500. The number of ether oxygens (including phenoxy) is 2. The fourth-order valence-corrected chi connectivity index (χ4v) is 5.68. The predicted molar refractivity (Wildman–Crippen MR) is 175 cm³/mol. The number of halogens is 3. The van der Waals surface area contributed by atoms with E-state index in [2.05, 4.69) is 32.1 Å². The van der Waals surface area contributed by atoms with Crippen LogP contribution in [0.15, 0.2) is 59.7 Å². The van der Waals surface area contributed by atoms with Crippen LogP contribution in [0.4, 0.5) is 24.7 Å². The van der Waals surface area contributed by atoms with Crippen molar-refractivity contribution in [1.82, 2.24) is 20.3 Å². The van der Waals surface area contributed by atoms with Gasteiger partial charge in [0.15, 0.2) is 11.6 Å². The van der Waals surface area contributed by atoms with E-state index < -0.39 is 12.0 Å². The molecule has 46 heavy (non-hydrogen) atoms. The number of alkyl halides is 3. The maximum atomic E-state index is 13.1. The highest BCUT2D eigenvalue weighted by Gasteiger charge is 2.43. The lowest BCUT2D eigenvalue weighted by Gasteiger charge is -2.34. The van der Waals surface area contributed by atoms with Crippen LogP contribution >= 0.6 is 0 Å². The van der Waals surface area contributed by atoms with Crippen molar-refractivity contribution in [3.63, 3.8) is 0 Å². The average molecular weight is 644 g/mol. The van der Waals surface area contributed by atoms with Gasteiger partial charge in [0, 0.05) is 38.4 Å². The number of fused-ring (bicyclic) bond motifs is 3. The van der Waals surface area contributed by atoms with Gasteiger partial charge in [-0.05, 0) is 62.4 Å². The molecule has 1 aliphatic carbocycles. The van der Waals surface area contributed by atoms with E-state index in [-0.39, 0.29) is 29.4 Å². The van der Waals surface area contributed by atoms with Gasteiger partial charge in [0.25, 0.3) is 5.56 Å². The molecule has 5 heterocycles. The zero-order valence-corrected chi connectivity index (χ0v) is 26.8. The van der Waals surface area contributed by atoms with E-state index in [4.69, 9.17) is 15.2 Å². The third-order valence-corrected chi connectivity index (χ3v) is 7.88. The van der Waals surface area contributed by atoms with Crippen molar-refractivity contribution in [3.05, 3.63) is 82.4 Å². The number of aromatic nitrogens is 3. The van der Waals surface area contributed by atoms with Gasteiger partial charge < -0.3 is 35.3 Å². The molecule has 13 heteroatoms. The monoisotopic (exact) mass is 643 g/mol. The molecule has 2 aromatic heterocycles. The molecule has 0 spiro atoms. The molecule has 0 aromatic carbocycles. The van der Waals surface area contributed by atoms with E-state index in [1.807, 2.05) is 68.3 Å². The van der Waals surface area contributed by atoms with Crippen LogP contribution in [0.2, 0.25) is 0 Å². The molecule has 4 aliphatic rings. The Morgan fingerprint density at radius 2 is 1.91 bits per heavy atom. The van der Waals surface area contributed by atoms with Crippen LogP contribution in [0.25, 0.3) is 5.57 Å². The summed E-state index contributed by atoms with van der Waals surface area (Å²) in [7, 11) is 1.88. The predicted octanol–water partition coefficient (Wildman–Crippen LogP) is 4.77. The first-order valence-electron chi connectivity index (χ1n) is 15.8. The van der Waals surface area contributed by atoms with E-state index in [1.165, 1.54) is 6.20 Å². The number of pyridine rings is 1. The molecule has 2 aromatic rings. The molecule has 2 fully saturated rings. The van der Waals surface area contributed by atoms with E-state index in [0.29, 0.717) is 43.4 Å². The summed E-state index contributed by atoms with van der Waals surface area (Å²) in [6.07, 6.45) is 11.5. The molecular formula is C33H44F3N7O3. The molecule has 6 rings (SSSR count). The summed E-state index contributed by atoms with van der Waals surface area (Å²) >= 11 is 0. The van der Waals surface area contributed by atoms with Gasteiger partial charge in [-0.1, -0.05) is 38.2 Å². The summed E-state index contributed by atoms with van der Waals surface area (Å²) in [5.74, 6) is -0.669. The van der Waals surface area contributed by atoms with Crippen molar-refractivity contribution in [2.24, 2.45) is 5.73 Å². The number of nitrogens with zero attached hydrogens (tertiary/aromatic N) is 4. The van der Waals surface area contributed by atoms with Gasteiger partial charge in [-0.2, -0.15) is 13.2 Å². The molecule has 250 valence electrons. The largest absolute Gasteiger partial charge is 0.479 e. The molecule has 0 radical (unpaired) electrons. The highest BCUT2D eigenvalue weighted by atomic mass is 19.4. The Morgan fingerprint density at radius 3 is 2.59 bits per heavy atom. The third kappa shape index (κ3) is 8.00. The van der Waals surface area contributed by atoms with Crippen molar-refractivity contribution < 1.29 is 22.6 Å². The van der Waals surface area contributed by atoms with Crippen molar-refractivity contribution in [3.8, 4) is 5.75 Å². The maximum Gasteiger partial charge on any atom is 0.451 e. The Balaban J connectivity index is 0.000000198. The van der Waals surface area contributed by atoms with E-state index in [1.54, 1.807) is 6.20 Å². The average Bonchev–Trinajstić information content (AvgIpc) is 3.73. The summed E-state index contributed by atoms with van der Waals surface area (Å²) in [5.41, 5.74) is 8.37. The standard InChI is InChI=1S/C16H24N4O2.C15H14F3N3O.C2H6/c1-12-11-22-8-7-20(12)15-9-14(10-19-16(15)21)13(3-5-17)4-6-18-2;16-15(17,18)14-19-11-9-5-1-2-6-10(9)22-12(11)13(20-14)21-7-3-4-8-21;1-2/h3-5,9-10,12,18H,6-8,11,17H2,1-2H3,(H,19,21);1-2,5-6,9-10H,3-4,7-8H2;1-2H3/b5-3-,13-4+;;. The minimum atomic E-state index is -4.56. The van der Waals surface area contributed by atoms with E-state index >= 15 is 0 Å². The van der Waals surface area contributed by atoms with Crippen LogP contribution < -0.4 is 31.1 Å². The van der Waals surface area contributed by atoms with Crippen LogP contribution in [0.1, 0.15) is 56.6 Å². The van der Waals surface area contributed by atoms with Gasteiger partial charge in [0.1, 0.15) is 11.8 Å². The number of nitrogens with one attached hydrogen (secondary N) is 2. The number of hydrogen-bond acceptors (Lipinski definition) is 9. The first kappa shape index (κ1) is 34.8. The van der Waals surface area contributed by atoms with Crippen molar-refractivity contribution in [1.29, 1.82) is 0 Å². The fourth-order valence-electron chi connectivity index (χ4n) is 5.68. The number of likely N-dealkylation sites (N-methyl/N-ethyl adjacent to an activating group) is 1. The summed E-state index contributed by atoms with van der Waals surface area (Å²) < 4.78 is 50.7. The molecule has 3 aliphatic heterocycles. The molecule has 0 saturated carbocycles. The van der Waals surface area contributed by atoms with Crippen LogP contribution in [0, 0.1) is 0 Å². The number of H-pyrrole nitrogens is 1. The number of aromatic amines is 1. The van der Waals surface area contributed by atoms with Gasteiger partial charge in [0.2, 0.25) is 5.82 Å². The normalized spacial score (nSPS) is 22.1. The molecular weight excluding hydrogens is 599 g/mol. The number of nitrogens with two attached hydrogens (primary N) is 1. The summed E-state index contributed by atoms with van der Waals surface area (Å²) in [5, 5.41) is 3.07. The number of allylic oxidation sites excluding steroid dienone is 4. The summed E-state index contributed by atoms with van der Waals surface area (Å²) in [6, 6.07) is 2.10. The highest BCUT2D eigenvalue weighted by Crippen LogP contribution is 2.46. The van der Waals surface area contributed by atoms with Gasteiger partial charge >= 0.3 is 6.18 Å². The Labute approximate surface area is 267 Å². The first-order chi connectivity index (χ1) is 22.2. The molecule has 0 bridgehead atoms. The molecule has 0 amide bonds. The van der Waals surface area contributed by atoms with Gasteiger partial charge in [-0.15, -0.1) is 0 Å². The van der Waals surface area contributed by atoms with Crippen LogP contribution in [-0.4, -0.2) is 73.5 Å². The second-order valence-electron chi connectivity index (χ2n) is 11.0. The van der Waals surface area contributed by atoms with E-state index in [9.17, 15) is 18.0 Å². The Morgan fingerprint density at radius 1 is 1.17 bits per heavy atom. The van der Waals surface area contributed by atoms with Gasteiger partial charge in [0.05, 0.1) is 24.8 Å². The maximum absolute atomic E-state index is 13.1. The molecule has 3 unspecified atom stereocenters. The zero-order valence-electron chi connectivity index (χ0n) is 26.8. The SMILES string of the molecule is CC.CNC/C=C(\C=C/N)c1c[nH]c(=O)c(N2CCOCC2C)c1.FC(F)(F)c1nc2c(c(N3CCCC3)n1)OC1C=CC=CC21. The van der Waals surface area contributed by atoms with Gasteiger partial charge in [-0.3, -0.25) is 4.79 Å². The molecule has 3 atom stereocenters. The molecule has 2 saturated heterocycles. The van der Waals surface area contributed by atoms with Crippen LogP contribution in [0.5, 0.6) is 5.75 Å². The van der Waals surface area contributed by atoms with E-state index in [0.717, 1.165) is 37.1 Å². The molecule has 10 nitrogen and oxygen atoms in total. The quantitative estimate of drug-likeness (QED) is 0.383. The van der Waals surface area contributed by atoms with Crippen LogP contribution in [-0.2, 0) is 10.9 Å². The third-order valence-electron chi connectivity index (χ3n) is 7.88. The van der Waals surface area contributed by atoms with Crippen molar-refractivity contribution in [2.75, 3.05) is 56.2 Å². The van der Waals surface area contributed by atoms with Crippen LogP contribution in [0.3, 0.4) is 0 Å². The lowest BCUT2D eigenvalue weighted by molar-refractivity contribution is -0.145. The topological polar surface area (TPSA) is 122 Å². The minimum Gasteiger partial charge on any atom is -0.479 e. The second-order valence-corrected chi connectivity index (χ2v) is 11.0. The number of rotatable bonds is 6. The fraction of sp³-hybridized carbons (Fsp3) is 0.485. The van der Waals surface area contributed by atoms with Gasteiger partial charge in [-0.25, -0.2) is 9.97 Å². The lowest BCUT2D eigenvalue weighted by atomic mass is 9.96. The first-order valence-corrected chi connectivity index (χ1v) is 15.8. The Kier molecular flexibility index (Phi) is 12.1. The van der Waals surface area contributed by atoms with Crippen molar-refractivity contribution in [2.45, 2.75) is 57.9 Å². The summed E-state index contributed by atoms with van der Waals surface area (Å²) in [4.78, 5) is 26.5. The van der Waals surface area contributed by atoms with Crippen molar-refractivity contribution >= 4 is 17.1 Å². The molecule has 4 N–H and O–H groups in total. The Hall–Kier alpha value is -4.10. The number of morpholine rings is 1. The summed E-state index contributed by atoms with van der Waals surface area (Å²) in [6.45, 7) is 10.2. The second kappa shape index (κ2) is 15.9. The highest BCUT2D eigenvalue weighted by molar-refractivity contribution is 5.75. The number of anilines is 2. The number of hydrogen-bond donors (Lipinski definition) is 3. The smallest absolute Gasteiger partial charge is 0.451 e. The zero-order chi connectivity index (χ0) is 33.3. The minimum absolute atomic E-state index is 0.0813. The lowest BCUT2D eigenvalue weighted by Crippen LogP contribution is -2.45.